The van der Waals surface area contributed by atoms with Gasteiger partial charge in [-0.2, -0.15) is 0 Å². The van der Waals surface area contributed by atoms with E-state index < -0.39 is 0 Å². The van der Waals surface area contributed by atoms with E-state index in [4.69, 9.17) is 0 Å². The standard InChI is InChI=1S/C19H26N4OS/c1-13-8-6-9-16(15(13)3)21-18(24)11-25-19-22-20-12-23(19)17-10-5-4-7-14(17)2/h4-5,7,10,12-13,15-16H,6,8-9,11H2,1-3H3,(H,21,24)/t13-,15+,16-/m1/s1. The molecular formula is C19H26N4OS. The molecule has 3 rings (SSSR count). The van der Waals surface area contributed by atoms with Crippen LogP contribution in [-0.4, -0.2) is 32.5 Å². The number of thioether (sulfide) groups is 1. The Morgan fingerprint density at radius 1 is 1.32 bits per heavy atom. The topological polar surface area (TPSA) is 59.8 Å². The molecule has 1 amide bonds. The Hall–Kier alpha value is -1.82. The molecule has 1 aliphatic rings. The van der Waals surface area contributed by atoms with Gasteiger partial charge in [0.05, 0.1) is 11.4 Å². The first kappa shape index (κ1) is 18.0. The fourth-order valence-electron chi connectivity index (χ4n) is 3.49. The molecule has 0 bridgehead atoms. The number of benzene rings is 1. The van der Waals surface area contributed by atoms with E-state index in [0.717, 1.165) is 22.8 Å². The molecule has 3 atom stereocenters. The molecule has 1 aromatic carbocycles. The molecule has 1 aliphatic carbocycles. The number of rotatable bonds is 5. The van der Waals surface area contributed by atoms with Crippen LogP contribution in [0.2, 0.25) is 0 Å². The van der Waals surface area contributed by atoms with Crippen molar-refractivity contribution in [1.82, 2.24) is 20.1 Å². The Morgan fingerprint density at radius 3 is 2.92 bits per heavy atom. The first-order valence-electron chi connectivity index (χ1n) is 8.94. The molecule has 0 saturated heterocycles. The van der Waals surface area contributed by atoms with Crippen LogP contribution in [0.4, 0.5) is 0 Å². The first-order valence-corrected chi connectivity index (χ1v) is 9.93. The Bertz CT molecular complexity index is 730. The van der Waals surface area contributed by atoms with Crippen molar-refractivity contribution in [3.63, 3.8) is 0 Å². The number of carbonyl (C=O) groups is 1. The number of aryl methyl sites for hydroxylation is 1. The summed E-state index contributed by atoms with van der Waals surface area (Å²) < 4.78 is 1.94. The van der Waals surface area contributed by atoms with Gasteiger partial charge in [-0.25, -0.2) is 0 Å². The van der Waals surface area contributed by atoms with Crippen LogP contribution in [0.15, 0.2) is 35.7 Å². The van der Waals surface area contributed by atoms with E-state index in [1.807, 2.05) is 22.8 Å². The monoisotopic (exact) mass is 358 g/mol. The summed E-state index contributed by atoms with van der Waals surface area (Å²) in [6, 6.07) is 8.40. The third-order valence-electron chi connectivity index (χ3n) is 5.28. The average molecular weight is 359 g/mol. The Kier molecular flexibility index (Phi) is 5.78. The minimum absolute atomic E-state index is 0.0790. The van der Waals surface area contributed by atoms with Crippen molar-refractivity contribution in [1.29, 1.82) is 0 Å². The fraction of sp³-hybridized carbons (Fsp3) is 0.526. The van der Waals surface area contributed by atoms with Crippen molar-refractivity contribution in [2.24, 2.45) is 11.8 Å². The molecule has 1 N–H and O–H groups in total. The number of nitrogens with zero attached hydrogens (tertiary/aromatic N) is 3. The van der Waals surface area contributed by atoms with Crippen LogP contribution in [0.25, 0.3) is 5.69 Å². The zero-order valence-electron chi connectivity index (χ0n) is 15.1. The highest BCUT2D eigenvalue weighted by Gasteiger charge is 2.28. The number of carbonyl (C=O) groups excluding carboxylic acids is 1. The summed E-state index contributed by atoms with van der Waals surface area (Å²) in [6.45, 7) is 6.58. The van der Waals surface area contributed by atoms with Gasteiger partial charge in [0.25, 0.3) is 0 Å². The lowest BCUT2D eigenvalue weighted by Crippen LogP contribution is -2.44. The molecule has 134 valence electrons. The van der Waals surface area contributed by atoms with Crippen LogP contribution in [0.5, 0.6) is 0 Å². The maximum absolute atomic E-state index is 12.4. The van der Waals surface area contributed by atoms with Gasteiger partial charge in [0.15, 0.2) is 5.16 Å². The molecule has 1 saturated carbocycles. The highest BCUT2D eigenvalue weighted by atomic mass is 32.2. The lowest BCUT2D eigenvalue weighted by molar-refractivity contribution is -0.120. The van der Waals surface area contributed by atoms with E-state index in [1.54, 1.807) is 6.33 Å². The smallest absolute Gasteiger partial charge is 0.230 e. The molecule has 6 heteroatoms. The van der Waals surface area contributed by atoms with Gasteiger partial charge >= 0.3 is 0 Å². The minimum atomic E-state index is 0.0790. The van der Waals surface area contributed by atoms with Gasteiger partial charge in [0.2, 0.25) is 5.91 Å². The van der Waals surface area contributed by atoms with Gasteiger partial charge in [-0.3, -0.25) is 9.36 Å². The fourth-order valence-corrected chi connectivity index (χ4v) is 4.22. The van der Waals surface area contributed by atoms with Crippen LogP contribution >= 0.6 is 11.8 Å². The number of amides is 1. The second-order valence-electron chi connectivity index (χ2n) is 7.00. The summed E-state index contributed by atoms with van der Waals surface area (Å²) in [7, 11) is 0. The molecule has 2 aromatic rings. The van der Waals surface area contributed by atoms with Crippen LogP contribution in [0.1, 0.15) is 38.7 Å². The quantitative estimate of drug-likeness (QED) is 0.830. The van der Waals surface area contributed by atoms with Crippen molar-refractivity contribution in [2.75, 3.05) is 5.75 Å². The van der Waals surface area contributed by atoms with Gasteiger partial charge in [-0.05, 0) is 36.8 Å². The largest absolute Gasteiger partial charge is 0.352 e. The van der Waals surface area contributed by atoms with E-state index >= 15 is 0 Å². The maximum atomic E-state index is 12.4. The third kappa shape index (κ3) is 4.24. The lowest BCUT2D eigenvalue weighted by Gasteiger charge is -2.34. The number of aromatic nitrogens is 3. The van der Waals surface area contributed by atoms with Crippen molar-refractivity contribution >= 4 is 17.7 Å². The second kappa shape index (κ2) is 8.04. The summed E-state index contributed by atoms with van der Waals surface area (Å²) in [6.07, 6.45) is 5.25. The van der Waals surface area contributed by atoms with Gasteiger partial charge < -0.3 is 5.32 Å². The molecule has 25 heavy (non-hydrogen) atoms. The summed E-state index contributed by atoms with van der Waals surface area (Å²) in [5.74, 6) is 1.66. The Balaban J connectivity index is 1.60. The van der Waals surface area contributed by atoms with Crippen LogP contribution in [0.3, 0.4) is 0 Å². The summed E-state index contributed by atoms with van der Waals surface area (Å²) in [5.41, 5.74) is 2.20. The summed E-state index contributed by atoms with van der Waals surface area (Å²) in [5, 5.41) is 12.2. The molecule has 1 heterocycles. The van der Waals surface area contributed by atoms with Crippen molar-refractivity contribution in [3.05, 3.63) is 36.2 Å². The minimum Gasteiger partial charge on any atom is -0.352 e. The maximum Gasteiger partial charge on any atom is 0.230 e. The normalized spacial score (nSPS) is 23.4. The van der Waals surface area contributed by atoms with Gasteiger partial charge in [0, 0.05) is 6.04 Å². The zero-order chi connectivity index (χ0) is 17.8. The summed E-state index contributed by atoms with van der Waals surface area (Å²) >= 11 is 1.43. The van der Waals surface area contributed by atoms with Gasteiger partial charge in [0.1, 0.15) is 6.33 Å². The highest BCUT2D eigenvalue weighted by Crippen LogP contribution is 2.29. The highest BCUT2D eigenvalue weighted by molar-refractivity contribution is 7.99. The SMILES string of the molecule is Cc1ccccc1-n1cnnc1SCC(=O)N[C@@H]1CCC[C@@H](C)[C@@H]1C. The third-order valence-corrected chi connectivity index (χ3v) is 6.22. The molecule has 0 spiro atoms. The molecule has 1 aromatic heterocycles. The number of para-hydroxylation sites is 1. The Morgan fingerprint density at radius 2 is 2.12 bits per heavy atom. The van der Waals surface area contributed by atoms with Crippen molar-refractivity contribution in [3.8, 4) is 5.69 Å². The molecule has 0 unspecified atom stereocenters. The van der Waals surface area contributed by atoms with Crippen molar-refractivity contribution < 1.29 is 4.79 Å². The van der Waals surface area contributed by atoms with Crippen LogP contribution in [-0.2, 0) is 4.79 Å². The Labute approximate surface area is 153 Å². The number of hydrogen-bond acceptors (Lipinski definition) is 4. The molecule has 0 aliphatic heterocycles. The molecular weight excluding hydrogens is 332 g/mol. The summed E-state index contributed by atoms with van der Waals surface area (Å²) in [4.78, 5) is 12.4. The molecule has 0 radical (unpaired) electrons. The predicted molar refractivity (Wildman–Crippen MR) is 101 cm³/mol. The first-order chi connectivity index (χ1) is 12.1. The van der Waals surface area contributed by atoms with E-state index in [2.05, 4.69) is 42.4 Å². The molecule has 1 fully saturated rings. The van der Waals surface area contributed by atoms with Crippen LogP contribution in [0, 0.1) is 18.8 Å². The molecule has 5 nitrogen and oxygen atoms in total. The number of hydrogen-bond donors (Lipinski definition) is 1. The van der Waals surface area contributed by atoms with E-state index in [0.29, 0.717) is 23.6 Å². The van der Waals surface area contributed by atoms with Crippen molar-refractivity contribution in [2.45, 2.75) is 51.2 Å². The van der Waals surface area contributed by atoms with E-state index in [1.165, 1.54) is 24.6 Å². The van der Waals surface area contributed by atoms with E-state index in [-0.39, 0.29) is 5.91 Å². The van der Waals surface area contributed by atoms with Crippen LogP contribution < -0.4 is 5.32 Å². The second-order valence-corrected chi connectivity index (χ2v) is 7.94. The van der Waals surface area contributed by atoms with Gasteiger partial charge in [-0.15, -0.1) is 10.2 Å². The average Bonchev–Trinajstić information content (AvgIpc) is 3.06. The van der Waals surface area contributed by atoms with E-state index in [9.17, 15) is 4.79 Å². The van der Waals surface area contributed by atoms with Gasteiger partial charge in [-0.1, -0.05) is 56.7 Å². The lowest BCUT2D eigenvalue weighted by atomic mass is 9.78. The predicted octanol–water partition coefficient (Wildman–Crippen LogP) is 3.61. The zero-order valence-corrected chi connectivity index (χ0v) is 15.9. The number of nitrogens with one attached hydrogen (secondary N) is 1.